The van der Waals surface area contributed by atoms with Gasteiger partial charge in [0.05, 0.1) is 19.2 Å². The van der Waals surface area contributed by atoms with Crippen LogP contribution in [0.2, 0.25) is 0 Å². The SMILES string of the molecule is C#CCNC(=O)c1cccn(C(CO)c2cccc(F)c2)c1=O. The summed E-state index contributed by atoms with van der Waals surface area (Å²) >= 11 is 0. The third kappa shape index (κ3) is 3.65. The van der Waals surface area contributed by atoms with E-state index in [1.807, 2.05) is 0 Å². The number of rotatable bonds is 5. The zero-order valence-electron chi connectivity index (χ0n) is 12.2. The molecule has 5 nitrogen and oxygen atoms in total. The highest BCUT2D eigenvalue weighted by Crippen LogP contribution is 2.17. The molecule has 0 fully saturated rings. The number of aliphatic hydroxyl groups is 1. The number of carbonyl (C=O) groups excluding carboxylic acids is 1. The van der Waals surface area contributed by atoms with Crippen LogP contribution in [0.3, 0.4) is 0 Å². The first-order valence-corrected chi connectivity index (χ1v) is 6.87. The van der Waals surface area contributed by atoms with Gasteiger partial charge in [-0.3, -0.25) is 9.59 Å². The first-order chi connectivity index (χ1) is 11.1. The minimum atomic E-state index is -0.793. The molecule has 1 heterocycles. The highest BCUT2D eigenvalue weighted by molar-refractivity contribution is 5.93. The molecule has 1 atom stereocenters. The molecule has 0 radical (unpaired) electrons. The van der Waals surface area contributed by atoms with Crippen LogP contribution < -0.4 is 10.9 Å². The summed E-state index contributed by atoms with van der Waals surface area (Å²) in [6, 6.07) is 7.67. The summed E-state index contributed by atoms with van der Waals surface area (Å²) in [6.45, 7) is -0.417. The van der Waals surface area contributed by atoms with Crippen LogP contribution in [-0.4, -0.2) is 28.7 Å². The van der Waals surface area contributed by atoms with E-state index in [2.05, 4.69) is 11.2 Å². The second-order valence-electron chi connectivity index (χ2n) is 4.77. The topological polar surface area (TPSA) is 71.3 Å². The fourth-order valence-corrected chi connectivity index (χ4v) is 2.22. The van der Waals surface area contributed by atoms with E-state index in [1.54, 1.807) is 6.07 Å². The second kappa shape index (κ2) is 7.38. The zero-order valence-corrected chi connectivity index (χ0v) is 12.2. The third-order valence-corrected chi connectivity index (χ3v) is 3.31. The molecule has 0 aliphatic rings. The van der Waals surface area contributed by atoms with Crippen molar-refractivity contribution in [1.29, 1.82) is 0 Å². The molecule has 2 aromatic rings. The van der Waals surface area contributed by atoms with Crippen molar-refractivity contribution in [2.24, 2.45) is 0 Å². The summed E-state index contributed by atoms with van der Waals surface area (Å²) in [5.41, 5.74) is -0.265. The van der Waals surface area contributed by atoms with Gasteiger partial charge in [0.25, 0.3) is 11.5 Å². The minimum absolute atomic E-state index is 0.000489. The predicted octanol–water partition coefficient (Wildman–Crippen LogP) is 0.932. The molecule has 0 aliphatic carbocycles. The Labute approximate surface area is 132 Å². The molecule has 2 N–H and O–H groups in total. The number of halogens is 1. The van der Waals surface area contributed by atoms with Crippen molar-refractivity contribution in [3.05, 3.63) is 69.9 Å². The molecule has 6 heteroatoms. The summed E-state index contributed by atoms with van der Waals surface area (Å²) in [5, 5.41) is 12.0. The third-order valence-electron chi connectivity index (χ3n) is 3.31. The fourth-order valence-electron chi connectivity index (χ4n) is 2.22. The Balaban J connectivity index is 2.44. The van der Waals surface area contributed by atoms with Gasteiger partial charge in [-0.25, -0.2) is 4.39 Å². The molecule has 23 heavy (non-hydrogen) atoms. The number of aliphatic hydroxyl groups excluding tert-OH is 1. The molecule has 0 aliphatic heterocycles. The molecule has 1 amide bonds. The lowest BCUT2D eigenvalue weighted by Crippen LogP contribution is -2.35. The number of hydrogen-bond donors (Lipinski definition) is 2. The number of pyridine rings is 1. The monoisotopic (exact) mass is 314 g/mol. The van der Waals surface area contributed by atoms with Gasteiger partial charge in [-0.05, 0) is 29.8 Å². The van der Waals surface area contributed by atoms with Gasteiger partial charge in [0, 0.05) is 6.20 Å². The van der Waals surface area contributed by atoms with Crippen LogP contribution in [0, 0.1) is 18.2 Å². The van der Waals surface area contributed by atoms with Gasteiger partial charge in [0.15, 0.2) is 0 Å². The maximum absolute atomic E-state index is 13.4. The number of nitrogens with zero attached hydrogens (tertiary/aromatic N) is 1. The molecule has 0 saturated heterocycles. The number of amides is 1. The molecule has 2 rings (SSSR count). The Bertz CT molecular complexity index is 808. The van der Waals surface area contributed by atoms with Crippen molar-refractivity contribution in [2.75, 3.05) is 13.2 Å². The standard InChI is InChI=1S/C17H15FN2O3/c1-2-8-19-16(22)14-7-4-9-20(17(14)23)15(11-21)12-5-3-6-13(18)10-12/h1,3-7,9-10,15,21H,8,11H2,(H,19,22). The molecule has 118 valence electrons. The van der Waals surface area contributed by atoms with E-state index in [0.717, 1.165) is 0 Å². The predicted molar refractivity (Wildman–Crippen MR) is 83.5 cm³/mol. The molecular formula is C17H15FN2O3. The Kier molecular flexibility index (Phi) is 5.28. The average molecular weight is 314 g/mol. The fraction of sp³-hybridized carbons (Fsp3) is 0.176. The summed E-state index contributed by atoms with van der Waals surface area (Å²) < 4.78 is 14.6. The number of nitrogens with one attached hydrogen (secondary N) is 1. The Morgan fingerprint density at radius 2 is 2.17 bits per heavy atom. The van der Waals surface area contributed by atoms with Gasteiger partial charge in [-0.2, -0.15) is 0 Å². The number of aromatic nitrogens is 1. The average Bonchev–Trinajstić information content (AvgIpc) is 2.55. The Hall–Kier alpha value is -2.91. The highest BCUT2D eigenvalue weighted by atomic mass is 19.1. The van der Waals surface area contributed by atoms with Crippen molar-refractivity contribution in [3.63, 3.8) is 0 Å². The summed E-state index contributed by atoms with van der Waals surface area (Å²) in [4.78, 5) is 24.4. The maximum Gasteiger partial charge on any atom is 0.264 e. The van der Waals surface area contributed by atoms with Crippen molar-refractivity contribution in [3.8, 4) is 12.3 Å². The van der Waals surface area contributed by atoms with E-state index in [-0.39, 0.29) is 12.1 Å². The van der Waals surface area contributed by atoms with Gasteiger partial charge in [-0.1, -0.05) is 18.1 Å². The number of carbonyl (C=O) groups is 1. The maximum atomic E-state index is 13.4. The largest absolute Gasteiger partial charge is 0.394 e. The molecule has 1 aromatic heterocycles. The van der Waals surface area contributed by atoms with E-state index in [1.165, 1.54) is 41.1 Å². The molecular weight excluding hydrogens is 299 g/mol. The van der Waals surface area contributed by atoms with Crippen LogP contribution in [0.25, 0.3) is 0 Å². The zero-order chi connectivity index (χ0) is 16.8. The first kappa shape index (κ1) is 16.5. The van der Waals surface area contributed by atoms with Gasteiger partial charge in [0.1, 0.15) is 11.4 Å². The van der Waals surface area contributed by atoms with E-state index >= 15 is 0 Å². The van der Waals surface area contributed by atoms with Crippen LogP contribution in [0.15, 0.2) is 47.4 Å². The smallest absolute Gasteiger partial charge is 0.264 e. The Morgan fingerprint density at radius 3 is 2.83 bits per heavy atom. The quantitative estimate of drug-likeness (QED) is 0.807. The van der Waals surface area contributed by atoms with Crippen LogP contribution in [0.1, 0.15) is 22.0 Å². The molecule has 0 spiro atoms. The van der Waals surface area contributed by atoms with Crippen LogP contribution >= 0.6 is 0 Å². The molecule has 0 saturated carbocycles. The lowest BCUT2D eigenvalue weighted by molar-refractivity contribution is 0.0956. The van der Waals surface area contributed by atoms with Crippen molar-refractivity contribution in [2.45, 2.75) is 6.04 Å². The normalized spacial score (nSPS) is 11.5. The van der Waals surface area contributed by atoms with Gasteiger partial charge >= 0.3 is 0 Å². The highest BCUT2D eigenvalue weighted by Gasteiger charge is 2.18. The van der Waals surface area contributed by atoms with Crippen molar-refractivity contribution < 1.29 is 14.3 Å². The van der Waals surface area contributed by atoms with E-state index in [0.29, 0.717) is 5.56 Å². The van der Waals surface area contributed by atoms with Crippen LogP contribution in [-0.2, 0) is 0 Å². The van der Waals surface area contributed by atoms with E-state index in [4.69, 9.17) is 6.42 Å². The summed E-state index contributed by atoms with van der Waals surface area (Å²) in [7, 11) is 0. The van der Waals surface area contributed by atoms with Crippen LogP contribution in [0.4, 0.5) is 4.39 Å². The van der Waals surface area contributed by atoms with Gasteiger partial charge in [-0.15, -0.1) is 6.42 Å². The lowest BCUT2D eigenvalue weighted by atomic mass is 10.1. The Morgan fingerprint density at radius 1 is 1.39 bits per heavy atom. The lowest BCUT2D eigenvalue weighted by Gasteiger charge is -2.18. The number of hydrogen-bond acceptors (Lipinski definition) is 3. The number of terminal acetylenes is 1. The van der Waals surface area contributed by atoms with E-state index < -0.39 is 29.9 Å². The van der Waals surface area contributed by atoms with Crippen molar-refractivity contribution in [1.82, 2.24) is 9.88 Å². The van der Waals surface area contributed by atoms with Crippen molar-refractivity contribution >= 4 is 5.91 Å². The number of benzene rings is 1. The second-order valence-corrected chi connectivity index (χ2v) is 4.77. The summed E-state index contributed by atoms with van der Waals surface area (Å²) in [5.74, 6) is 1.17. The van der Waals surface area contributed by atoms with Crippen LogP contribution in [0.5, 0.6) is 0 Å². The first-order valence-electron chi connectivity index (χ1n) is 6.87. The van der Waals surface area contributed by atoms with E-state index in [9.17, 15) is 19.1 Å². The molecule has 0 bridgehead atoms. The molecule has 1 aromatic carbocycles. The molecule has 1 unspecified atom stereocenters. The van der Waals surface area contributed by atoms with Gasteiger partial charge < -0.3 is 15.0 Å². The minimum Gasteiger partial charge on any atom is -0.394 e. The summed E-state index contributed by atoms with van der Waals surface area (Å²) in [6.07, 6.45) is 6.50. The van der Waals surface area contributed by atoms with Gasteiger partial charge in [0.2, 0.25) is 0 Å².